The van der Waals surface area contributed by atoms with Crippen LogP contribution >= 0.6 is 0 Å². The smallest absolute Gasteiger partial charge is 0.123 e. The van der Waals surface area contributed by atoms with Crippen molar-refractivity contribution in [1.29, 1.82) is 0 Å². The highest BCUT2D eigenvalue weighted by molar-refractivity contribution is 5.50. The van der Waals surface area contributed by atoms with Gasteiger partial charge in [0.2, 0.25) is 0 Å². The first kappa shape index (κ1) is 11.4. The van der Waals surface area contributed by atoms with Gasteiger partial charge in [-0.25, -0.2) is 4.39 Å². The Morgan fingerprint density at radius 1 is 1.44 bits per heavy atom. The molecule has 0 radical (unpaired) electrons. The SMILES string of the molecule is CC.CC(C)(F)CC=O. The van der Waals surface area contributed by atoms with Gasteiger partial charge in [0, 0.05) is 6.42 Å². The van der Waals surface area contributed by atoms with E-state index in [0.717, 1.165) is 0 Å². The molecular weight excluding hydrogens is 119 g/mol. The van der Waals surface area contributed by atoms with Crippen LogP contribution in [0.3, 0.4) is 0 Å². The Bertz CT molecular complexity index is 63.8. The summed E-state index contributed by atoms with van der Waals surface area (Å²) in [5.41, 5.74) is -1.32. The van der Waals surface area contributed by atoms with E-state index in [-0.39, 0.29) is 6.42 Å². The molecule has 0 aliphatic heterocycles. The largest absolute Gasteiger partial charge is 0.303 e. The number of carbonyl (C=O) groups excluding carboxylic acids is 1. The van der Waals surface area contributed by atoms with E-state index in [1.165, 1.54) is 13.8 Å². The molecule has 0 rings (SSSR count). The molecule has 0 spiro atoms. The lowest BCUT2D eigenvalue weighted by atomic mass is 10.1. The van der Waals surface area contributed by atoms with Gasteiger partial charge in [-0.1, -0.05) is 13.8 Å². The summed E-state index contributed by atoms with van der Waals surface area (Å²) < 4.78 is 12.2. The van der Waals surface area contributed by atoms with Crippen LogP contribution in [0.15, 0.2) is 0 Å². The van der Waals surface area contributed by atoms with Crippen molar-refractivity contribution in [2.45, 2.75) is 39.8 Å². The summed E-state index contributed by atoms with van der Waals surface area (Å²) in [4.78, 5) is 9.58. The van der Waals surface area contributed by atoms with Crippen molar-refractivity contribution in [3.63, 3.8) is 0 Å². The van der Waals surface area contributed by atoms with E-state index in [1.54, 1.807) is 0 Å². The van der Waals surface area contributed by atoms with E-state index in [9.17, 15) is 9.18 Å². The lowest BCUT2D eigenvalue weighted by Crippen LogP contribution is -2.11. The molecule has 0 aliphatic rings. The van der Waals surface area contributed by atoms with Gasteiger partial charge < -0.3 is 4.79 Å². The molecular formula is C7H15FO. The highest BCUT2D eigenvalue weighted by Gasteiger charge is 2.12. The fraction of sp³-hybridized carbons (Fsp3) is 0.857. The minimum Gasteiger partial charge on any atom is -0.303 e. The Morgan fingerprint density at radius 3 is 1.78 bits per heavy atom. The van der Waals surface area contributed by atoms with Crippen molar-refractivity contribution in [3.8, 4) is 0 Å². The first-order chi connectivity index (χ1) is 4.06. The average Bonchev–Trinajstić information content (AvgIpc) is 1.69. The Morgan fingerprint density at radius 2 is 1.78 bits per heavy atom. The minimum absolute atomic E-state index is 0.00694. The van der Waals surface area contributed by atoms with Gasteiger partial charge in [-0.2, -0.15) is 0 Å². The zero-order valence-electron chi connectivity index (χ0n) is 6.57. The Balaban J connectivity index is 0. The van der Waals surface area contributed by atoms with Crippen LogP contribution < -0.4 is 0 Å². The summed E-state index contributed by atoms with van der Waals surface area (Å²) in [7, 11) is 0. The highest BCUT2D eigenvalue weighted by atomic mass is 19.1. The number of halogens is 1. The maximum atomic E-state index is 12.2. The summed E-state index contributed by atoms with van der Waals surface area (Å²) in [6, 6.07) is 0. The van der Waals surface area contributed by atoms with Crippen LogP contribution in [0.4, 0.5) is 4.39 Å². The van der Waals surface area contributed by atoms with Crippen molar-refractivity contribution in [2.24, 2.45) is 0 Å². The zero-order valence-corrected chi connectivity index (χ0v) is 6.57. The van der Waals surface area contributed by atoms with Crippen LogP contribution in [0.5, 0.6) is 0 Å². The lowest BCUT2D eigenvalue weighted by Gasteiger charge is -2.06. The molecule has 0 aromatic rings. The first-order valence-electron chi connectivity index (χ1n) is 3.19. The second-order valence-corrected chi connectivity index (χ2v) is 2.09. The maximum absolute atomic E-state index is 12.2. The van der Waals surface area contributed by atoms with E-state index >= 15 is 0 Å². The van der Waals surface area contributed by atoms with Gasteiger partial charge in [0.15, 0.2) is 0 Å². The molecule has 1 nitrogen and oxygen atoms in total. The molecule has 0 aromatic heterocycles. The molecule has 0 N–H and O–H groups in total. The molecule has 0 amide bonds. The third-order valence-electron chi connectivity index (χ3n) is 0.569. The van der Waals surface area contributed by atoms with Gasteiger partial charge >= 0.3 is 0 Å². The molecule has 9 heavy (non-hydrogen) atoms. The average molecular weight is 134 g/mol. The normalized spacial score (nSPS) is 9.44. The lowest BCUT2D eigenvalue weighted by molar-refractivity contribution is -0.109. The molecule has 0 aromatic carbocycles. The Labute approximate surface area is 56.3 Å². The van der Waals surface area contributed by atoms with Gasteiger partial charge in [0.05, 0.1) is 0 Å². The van der Waals surface area contributed by atoms with Gasteiger partial charge in [-0.3, -0.25) is 0 Å². The van der Waals surface area contributed by atoms with Crippen molar-refractivity contribution < 1.29 is 9.18 Å². The molecule has 0 bridgehead atoms. The number of alkyl halides is 1. The topological polar surface area (TPSA) is 17.1 Å². The molecule has 0 atom stereocenters. The molecule has 56 valence electrons. The van der Waals surface area contributed by atoms with Gasteiger partial charge in [0.1, 0.15) is 12.0 Å². The van der Waals surface area contributed by atoms with E-state index in [4.69, 9.17) is 0 Å². The van der Waals surface area contributed by atoms with Crippen LogP contribution in [0.1, 0.15) is 34.1 Å². The van der Waals surface area contributed by atoms with Crippen LogP contribution in [-0.2, 0) is 4.79 Å². The Kier molecular flexibility index (Phi) is 7.26. The van der Waals surface area contributed by atoms with Gasteiger partial charge in [0.25, 0.3) is 0 Å². The second-order valence-electron chi connectivity index (χ2n) is 2.09. The van der Waals surface area contributed by atoms with Crippen LogP contribution in [-0.4, -0.2) is 12.0 Å². The van der Waals surface area contributed by atoms with Crippen molar-refractivity contribution in [3.05, 3.63) is 0 Å². The molecule has 0 fully saturated rings. The van der Waals surface area contributed by atoms with E-state index in [1.807, 2.05) is 13.8 Å². The number of rotatable bonds is 2. The van der Waals surface area contributed by atoms with Crippen LogP contribution in [0.25, 0.3) is 0 Å². The van der Waals surface area contributed by atoms with Crippen molar-refractivity contribution in [1.82, 2.24) is 0 Å². The van der Waals surface area contributed by atoms with Crippen LogP contribution in [0.2, 0.25) is 0 Å². The molecule has 0 heterocycles. The number of hydrogen-bond donors (Lipinski definition) is 0. The monoisotopic (exact) mass is 134 g/mol. The number of carbonyl (C=O) groups is 1. The molecule has 0 unspecified atom stereocenters. The molecule has 0 saturated heterocycles. The molecule has 2 heteroatoms. The first-order valence-corrected chi connectivity index (χ1v) is 3.19. The van der Waals surface area contributed by atoms with E-state index in [0.29, 0.717) is 6.29 Å². The third-order valence-corrected chi connectivity index (χ3v) is 0.569. The fourth-order valence-corrected chi connectivity index (χ4v) is 0.198. The van der Waals surface area contributed by atoms with Gasteiger partial charge in [-0.05, 0) is 13.8 Å². The molecule has 0 aliphatic carbocycles. The fourth-order valence-electron chi connectivity index (χ4n) is 0.198. The summed E-state index contributed by atoms with van der Waals surface area (Å²) in [6.07, 6.45) is 0.576. The number of aldehydes is 1. The van der Waals surface area contributed by atoms with E-state index < -0.39 is 5.67 Å². The van der Waals surface area contributed by atoms with Gasteiger partial charge in [-0.15, -0.1) is 0 Å². The molecule has 0 saturated carbocycles. The van der Waals surface area contributed by atoms with Crippen LogP contribution in [0, 0.1) is 0 Å². The third kappa shape index (κ3) is 18.4. The minimum atomic E-state index is -1.32. The summed E-state index contributed by atoms with van der Waals surface area (Å²) in [5.74, 6) is 0. The van der Waals surface area contributed by atoms with Crippen molar-refractivity contribution in [2.75, 3.05) is 0 Å². The summed E-state index contributed by atoms with van der Waals surface area (Å²) in [6.45, 7) is 6.75. The summed E-state index contributed by atoms with van der Waals surface area (Å²) in [5, 5.41) is 0. The highest BCUT2D eigenvalue weighted by Crippen LogP contribution is 2.10. The maximum Gasteiger partial charge on any atom is 0.123 e. The van der Waals surface area contributed by atoms with Crippen molar-refractivity contribution >= 4 is 6.29 Å². The quantitative estimate of drug-likeness (QED) is 0.530. The van der Waals surface area contributed by atoms with E-state index in [2.05, 4.69) is 0 Å². The predicted molar refractivity (Wildman–Crippen MR) is 37.2 cm³/mol. The number of hydrogen-bond acceptors (Lipinski definition) is 1. The standard InChI is InChI=1S/C5H9FO.C2H6/c1-5(2,6)3-4-7;1-2/h4H,3H2,1-2H3;1-2H3. The summed E-state index contributed by atoms with van der Waals surface area (Å²) >= 11 is 0. The zero-order chi connectivity index (χ0) is 7.91. The second kappa shape index (κ2) is 5.73. The predicted octanol–water partition coefficient (Wildman–Crippen LogP) is 2.35. The Hall–Kier alpha value is -0.400.